The van der Waals surface area contributed by atoms with Crippen molar-refractivity contribution < 1.29 is 80.2 Å². The minimum atomic E-state index is -4.95. The average molecular weight is 1350 g/mol. The number of aliphatic hydroxyl groups is 1. The molecule has 0 radical (unpaired) electrons. The maximum absolute atomic E-state index is 13.1. The van der Waals surface area contributed by atoms with Crippen molar-refractivity contribution in [3.8, 4) is 0 Å². The number of carbonyl (C=O) groups excluding carboxylic acids is 4. The molecule has 0 aliphatic carbocycles. The summed E-state index contributed by atoms with van der Waals surface area (Å²) >= 11 is 0. The molecule has 0 aliphatic heterocycles. The summed E-state index contributed by atoms with van der Waals surface area (Å²) in [5, 5.41) is 10.6. The lowest BCUT2D eigenvalue weighted by molar-refractivity contribution is -0.161. The lowest BCUT2D eigenvalue weighted by atomic mass is 10.0. The lowest BCUT2D eigenvalue weighted by Gasteiger charge is -2.21. The van der Waals surface area contributed by atoms with Crippen LogP contribution in [0.15, 0.2) is 0 Å². The van der Waals surface area contributed by atoms with Crippen LogP contribution in [0.25, 0.3) is 0 Å². The first-order chi connectivity index (χ1) is 44.4. The van der Waals surface area contributed by atoms with Crippen molar-refractivity contribution >= 4 is 39.5 Å². The highest BCUT2D eigenvalue weighted by molar-refractivity contribution is 7.47. The summed E-state index contributed by atoms with van der Waals surface area (Å²) in [6, 6.07) is 0. The van der Waals surface area contributed by atoms with Crippen molar-refractivity contribution in [3.63, 3.8) is 0 Å². The van der Waals surface area contributed by atoms with Gasteiger partial charge in [-0.3, -0.25) is 37.3 Å². The Bertz CT molecular complexity index is 1790. The van der Waals surface area contributed by atoms with Crippen molar-refractivity contribution in [2.45, 2.75) is 394 Å². The third-order valence-electron chi connectivity index (χ3n) is 17.0. The summed E-state index contributed by atoms with van der Waals surface area (Å²) in [4.78, 5) is 72.6. The van der Waals surface area contributed by atoms with E-state index in [-0.39, 0.29) is 25.7 Å². The van der Waals surface area contributed by atoms with E-state index in [1.807, 2.05) is 0 Å². The van der Waals surface area contributed by atoms with Crippen LogP contribution in [0, 0.1) is 11.8 Å². The van der Waals surface area contributed by atoms with Crippen molar-refractivity contribution in [1.29, 1.82) is 0 Å². The Morgan fingerprint density at radius 2 is 0.500 bits per heavy atom. The van der Waals surface area contributed by atoms with Gasteiger partial charge in [-0.05, 0) is 37.5 Å². The van der Waals surface area contributed by atoms with Crippen LogP contribution in [0.4, 0.5) is 0 Å². The maximum atomic E-state index is 13.1. The van der Waals surface area contributed by atoms with Crippen LogP contribution in [0.2, 0.25) is 0 Å². The Kier molecular flexibility index (Phi) is 63.7. The van der Waals surface area contributed by atoms with Crippen LogP contribution >= 0.6 is 15.6 Å². The molecule has 0 saturated heterocycles. The van der Waals surface area contributed by atoms with Crippen molar-refractivity contribution in [2.24, 2.45) is 11.8 Å². The molecule has 0 bridgehead atoms. The number of aliphatic hydroxyl groups excluding tert-OH is 1. The van der Waals surface area contributed by atoms with Gasteiger partial charge < -0.3 is 33.8 Å². The van der Waals surface area contributed by atoms with E-state index in [0.29, 0.717) is 31.6 Å². The van der Waals surface area contributed by atoms with Crippen LogP contribution in [0.1, 0.15) is 375 Å². The molecule has 546 valence electrons. The van der Waals surface area contributed by atoms with Crippen LogP contribution in [0.5, 0.6) is 0 Å². The van der Waals surface area contributed by atoms with Crippen molar-refractivity contribution in [1.82, 2.24) is 0 Å². The van der Waals surface area contributed by atoms with Gasteiger partial charge in [0.15, 0.2) is 12.2 Å². The van der Waals surface area contributed by atoms with E-state index in [9.17, 15) is 43.2 Å². The Morgan fingerprint density at radius 3 is 0.739 bits per heavy atom. The third kappa shape index (κ3) is 66.7. The molecule has 0 amide bonds. The summed E-state index contributed by atoms with van der Waals surface area (Å²) in [7, 11) is -9.90. The van der Waals surface area contributed by atoms with Gasteiger partial charge in [-0.15, -0.1) is 0 Å². The van der Waals surface area contributed by atoms with Crippen LogP contribution in [-0.2, 0) is 65.4 Å². The summed E-state index contributed by atoms with van der Waals surface area (Å²) in [6.07, 6.45) is 51.5. The number of rotatable bonds is 72. The standard InChI is InChI=1S/C73H142O17P2/c1-7-9-11-13-15-17-19-20-21-22-23-24-25-30-34-38-46-52-58-73(78)89-68(61-83-70(75)55-49-43-36-33-29-27-26-28-31-35-41-47-53-65(3)4)63-87-91(79,80)85-59-67(74)60-86-92(81,82)88-64-69(62-84-71(76)56-50-44-40-39-42-48-54-66(5)6)90-72(77)57-51-45-37-32-18-16-14-12-10-8-2/h65-69,74H,7-64H2,1-6H3,(H,79,80)(H,81,82)/t67-,68-,69-/m1/s1. The number of phosphoric acid groups is 2. The summed E-state index contributed by atoms with van der Waals surface area (Å²) < 4.78 is 68.3. The number of carbonyl (C=O) groups is 4. The van der Waals surface area contributed by atoms with E-state index < -0.39 is 97.5 Å². The monoisotopic (exact) mass is 1350 g/mol. The molecule has 92 heavy (non-hydrogen) atoms. The second-order valence-electron chi connectivity index (χ2n) is 27.3. The summed E-state index contributed by atoms with van der Waals surface area (Å²) in [5.74, 6) is -0.660. The number of ether oxygens (including phenoxy) is 4. The zero-order chi connectivity index (χ0) is 67.9. The molecule has 0 aliphatic rings. The molecule has 0 fully saturated rings. The van der Waals surface area contributed by atoms with Gasteiger partial charge in [0.05, 0.1) is 26.4 Å². The Balaban J connectivity index is 5.21. The number of esters is 4. The zero-order valence-corrected chi connectivity index (χ0v) is 61.6. The van der Waals surface area contributed by atoms with E-state index in [2.05, 4.69) is 41.5 Å². The maximum Gasteiger partial charge on any atom is 0.472 e. The van der Waals surface area contributed by atoms with Crippen LogP contribution in [0.3, 0.4) is 0 Å². The molecule has 2 unspecified atom stereocenters. The second kappa shape index (κ2) is 65.0. The van der Waals surface area contributed by atoms with E-state index in [0.717, 1.165) is 102 Å². The fourth-order valence-corrected chi connectivity index (χ4v) is 12.7. The van der Waals surface area contributed by atoms with Gasteiger partial charge in [-0.25, -0.2) is 9.13 Å². The molecule has 0 heterocycles. The fraction of sp³-hybridized carbons (Fsp3) is 0.945. The van der Waals surface area contributed by atoms with Gasteiger partial charge in [-0.1, -0.05) is 324 Å². The Labute approximate surface area is 562 Å². The molecular weight excluding hydrogens is 1210 g/mol. The normalized spacial score (nSPS) is 14.1. The number of phosphoric ester groups is 2. The Morgan fingerprint density at radius 1 is 0.293 bits per heavy atom. The van der Waals surface area contributed by atoms with Gasteiger partial charge in [0.25, 0.3) is 0 Å². The molecule has 17 nitrogen and oxygen atoms in total. The van der Waals surface area contributed by atoms with Gasteiger partial charge in [-0.2, -0.15) is 0 Å². The Hall–Kier alpha value is -1.94. The van der Waals surface area contributed by atoms with E-state index in [4.69, 9.17) is 37.0 Å². The fourth-order valence-electron chi connectivity index (χ4n) is 11.1. The molecule has 3 N–H and O–H groups in total. The first kappa shape index (κ1) is 90.1. The topological polar surface area (TPSA) is 237 Å². The molecule has 5 atom stereocenters. The largest absolute Gasteiger partial charge is 0.472 e. The number of hydrogen-bond donors (Lipinski definition) is 3. The van der Waals surface area contributed by atoms with Gasteiger partial charge in [0.1, 0.15) is 19.3 Å². The minimum absolute atomic E-state index is 0.105. The number of unbranched alkanes of at least 4 members (excludes halogenated alkanes) is 42. The predicted octanol–water partition coefficient (Wildman–Crippen LogP) is 21.2. The first-order valence-electron chi connectivity index (χ1n) is 38.0. The van der Waals surface area contributed by atoms with Crippen LogP contribution < -0.4 is 0 Å². The van der Waals surface area contributed by atoms with E-state index in [1.165, 1.54) is 186 Å². The molecule has 0 aromatic rings. The molecular formula is C73H142O17P2. The highest BCUT2D eigenvalue weighted by atomic mass is 31.2. The quantitative estimate of drug-likeness (QED) is 0.0222. The molecule has 0 spiro atoms. The van der Waals surface area contributed by atoms with Gasteiger partial charge >= 0.3 is 39.5 Å². The predicted molar refractivity (Wildman–Crippen MR) is 372 cm³/mol. The lowest BCUT2D eigenvalue weighted by Crippen LogP contribution is -2.30. The molecule has 0 saturated carbocycles. The zero-order valence-electron chi connectivity index (χ0n) is 59.9. The SMILES string of the molecule is CCCCCCCCCCCCCCCCCCCCC(=O)O[C@H](COC(=O)CCCCCCCCCCCCCCC(C)C)COP(=O)(O)OC[C@@H](O)COP(=O)(O)OC[C@@H](COC(=O)CCCCCCCCC(C)C)OC(=O)CCCCCCCCCCCC. The molecule has 19 heteroatoms. The molecule has 0 rings (SSSR count). The van der Waals surface area contributed by atoms with E-state index in [1.54, 1.807) is 0 Å². The van der Waals surface area contributed by atoms with E-state index >= 15 is 0 Å². The smallest absolute Gasteiger partial charge is 0.462 e. The third-order valence-corrected chi connectivity index (χ3v) is 18.9. The highest BCUT2D eigenvalue weighted by Crippen LogP contribution is 2.45. The van der Waals surface area contributed by atoms with Gasteiger partial charge in [0.2, 0.25) is 0 Å². The van der Waals surface area contributed by atoms with Gasteiger partial charge in [0, 0.05) is 25.7 Å². The molecule has 0 aromatic carbocycles. The van der Waals surface area contributed by atoms with Crippen molar-refractivity contribution in [3.05, 3.63) is 0 Å². The number of hydrogen-bond acceptors (Lipinski definition) is 15. The highest BCUT2D eigenvalue weighted by Gasteiger charge is 2.30. The van der Waals surface area contributed by atoms with Crippen molar-refractivity contribution in [2.75, 3.05) is 39.6 Å². The average Bonchev–Trinajstić information content (AvgIpc) is 1.81. The minimum Gasteiger partial charge on any atom is -0.462 e. The first-order valence-corrected chi connectivity index (χ1v) is 41.0. The second-order valence-corrected chi connectivity index (χ2v) is 30.2. The summed E-state index contributed by atoms with van der Waals surface area (Å²) in [6.45, 7) is 9.49. The van der Waals surface area contributed by atoms with Crippen LogP contribution in [-0.4, -0.2) is 96.7 Å². The molecule has 0 aromatic heterocycles. The summed E-state index contributed by atoms with van der Waals surface area (Å²) in [5.41, 5.74) is 0.